The molecule has 0 bridgehead atoms. The average Bonchev–Trinajstić information content (AvgIpc) is 2.03. The van der Waals surface area contributed by atoms with Gasteiger partial charge in [0, 0.05) is 20.6 Å². The van der Waals surface area contributed by atoms with Crippen LogP contribution in [-0.2, 0) is 9.47 Å². The van der Waals surface area contributed by atoms with E-state index in [1.54, 1.807) is 14.2 Å². The molecule has 0 spiro atoms. The van der Waals surface area contributed by atoms with Gasteiger partial charge in [0.1, 0.15) is 0 Å². The highest BCUT2D eigenvalue weighted by atomic mass is 16.7. The van der Waals surface area contributed by atoms with Crippen LogP contribution in [0.5, 0.6) is 0 Å². The van der Waals surface area contributed by atoms with E-state index >= 15 is 0 Å². The molecule has 0 fully saturated rings. The van der Waals surface area contributed by atoms with Crippen molar-refractivity contribution in [3.63, 3.8) is 0 Å². The third-order valence-corrected chi connectivity index (χ3v) is 0.822. The predicted octanol–water partition coefficient (Wildman–Crippen LogP) is 1.55. The van der Waals surface area contributed by atoms with Gasteiger partial charge in [-0.05, 0) is 6.92 Å². The normalized spacial score (nSPS) is 8.00. The van der Waals surface area contributed by atoms with Crippen molar-refractivity contribution in [3.05, 3.63) is 0 Å². The quantitative estimate of drug-likeness (QED) is 0.553. The van der Waals surface area contributed by atoms with E-state index in [-0.39, 0.29) is 6.29 Å². The first kappa shape index (κ1) is 12.1. The van der Waals surface area contributed by atoms with Crippen molar-refractivity contribution >= 4 is 0 Å². The van der Waals surface area contributed by atoms with Crippen LogP contribution in [0, 0.1) is 11.3 Å². The van der Waals surface area contributed by atoms with Crippen LogP contribution < -0.4 is 0 Å². The molecule has 0 amide bonds. The van der Waals surface area contributed by atoms with Gasteiger partial charge in [0.05, 0.1) is 6.07 Å². The predicted molar refractivity (Wildman–Crippen MR) is 39.4 cm³/mol. The van der Waals surface area contributed by atoms with E-state index in [1.165, 1.54) is 0 Å². The topological polar surface area (TPSA) is 42.2 Å². The van der Waals surface area contributed by atoms with E-state index in [0.29, 0.717) is 6.42 Å². The zero-order valence-electron chi connectivity index (χ0n) is 7.05. The largest absolute Gasteiger partial charge is 0.356 e. The summed E-state index contributed by atoms with van der Waals surface area (Å²) in [6.07, 6.45) is 0.560. The van der Waals surface area contributed by atoms with E-state index in [4.69, 9.17) is 5.26 Å². The highest BCUT2D eigenvalue weighted by molar-refractivity contribution is 4.61. The van der Waals surface area contributed by atoms with E-state index in [2.05, 4.69) is 9.47 Å². The van der Waals surface area contributed by atoms with Crippen molar-refractivity contribution in [2.24, 2.45) is 0 Å². The van der Waals surface area contributed by atoms with Crippen molar-refractivity contribution < 1.29 is 9.47 Å². The third-order valence-electron chi connectivity index (χ3n) is 0.822. The summed E-state index contributed by atoms with van der Waals surface area (Å²) in [4.78, 5) is 0. The van der Waals surface area contributed by atoms with E-state index in [1.807, 2.05) is 19.9 Å². The molecule has 3 heteroatoms. The van der Waals surface area contributed by atoms with Gasteiger partial charge in [0.2, 0.25) is 0 Å². The molecule has 0 N–H and O–H groups in total. The summed E-state index contributed by atoms with van der Waals surface area (Å²) >= 11 is 0. The Kier molecular flexibility index (Phi) is 13.6. The second kappa shape index (κ2) is 11.2. The Morgan fingerprint density at radius 1 is 1.40 bits per heavy atom. The van der Waals surface area contributed by atoms with Gasteiger partial charge in [0.15, 0.2) is 6.29 Å². The molecule has 0 rings (SSSR count). The summed E-state index contributed by atoms with van der Waals surface area (Å²) in [5.41, 5.74) is 0. The lowest BCUT2D eigenvalue weighted by Gasteiger charge is -2.03. The first-order valence-corrected chi connectivity index (χ1v) is 3.15. The summed E-state index contributed by atoms with van der Waals surface area (Å²) in [5, 5.41) is 7.62. The van der Waals surface area contributed by atoms with Crippen molar-refractivity contribution in [2.45, 2.75) is 26.6 Å². The van der Waals surface area contributed by atoms with Gasteiger partial charge < -0.3 is 9.47 Å². The molecule has 0 aromatic rings. The molecule has 0 aliphatic heterocycles. The molecule has 0 radical (unpaired) electrons. The number of methoxy groups -OCH3 is 2. The molecular formula is C7H15NO2. The van der Waals surface area contributed by atoms with Crippen LogP contribution in [-0.4, -0.2) is 20.5 Å². The summed E-state index contributed by atoms with van der Waals surface area (Å²) in [5.74, 6) is 0. The second-order valence-corrected chi connectivity index (χ2v) is 1.55. The van der Waals surface area contributed by atoms with Gasteiger partial charge in [-0.1, -0.05) is 6.92 Å². The van der Waals surface area contributed by atoms with Crippen molar-refractivity contribution in [2.75, 3.05) is 14.2 Å². The van der Waals surface area contributed by atoms with Gasteiger partial charge >= 0.3 is 0 Å². The van der Waals surface area contributed by atoms with Crippen LogP contribution in [0.3, 0.4) is 0 Å². The molecule has 0 saturated carbocycles. The summed E-state index contributed by atoms with van der Waals surface area (Å²) < 4.78 is 9.35. The molecule has 0 atom stereocenters. The highest BCUT2D eigenvalue weighted by Crippen LogP contribution is 1.82. The molecule has 60 valence electrons. The number of hydrogen-bond donors (Lipinski definition) is 0. The molecule has 0 saturated heterocycles. The van der Waals surface area contributed by atoms with Crippen LogP contribution in [0.25, 0.3) is 0 Å². The standard InChI is InChI=1S/C4H10O2.C3H5N/c1-4(5-2)6-3;1-2-3-4/h4H,1-3H3;2H2,1H3. The molecule has 3 nitrogen and oxygen atoms in total. The molecule has 0 unspecified atom stereocenters. The lowest BCUT2D eigenvalue weighted by molar-refractivity contribution is -0.0877. The monoisotopic (exact) mass is 145 g/mol. The minimum atomic E-state index is -0.0648. The minimum absolute atomic E-state index is 0.0648. The Bertz CT molecular complexity index is 84.1. The van der Waals surface area contributed by atoms with Crippen LogP contribution in [0.1, 0.15) is 20.3 Å². The first-order chi connectivity index (χ1) is 4.72. The lowest BCUT2D eigenvalue weighted by Crippen LogP contribution is -2.05. The lowest BCUT2D eigenvalue weighted by atomic mass is 10.6. The molecule has 10 heavy (non-hydrogen) atoms. The zero-order chi connectivity index (χ0) is 8.41. The number of rotatable bonds is 2. The van der Waals surface area contributed by atoms with Crippen molar-refractivity contribution in [1.29, 1.82) is 5.26 Å². The fourth-order valence-corrected chi connectivity index (χ4v) is 0.0962. The van der Waals surface area contributed by atoms with Gasteiger partial charge in [-0.25, -0.2) is 0 Å². The molecule has 0 aliphatic carbocycles. The van der Waals surface area contributed by atoms with Gasteiger partial charge in [0.25, 0.3) is 0 Å². The number of nitriles is 1. The summed E-state index contributed by atoms with van der Waals surface area (Å²) in [7, 11) is 3.21. The highest BCUT2D eigenvalue weighted by Gasteiger charge is 1.87. The molecule has 0 heterocycles. The average molecular weight is 145 g/mol. The zero-order valence-corrected chi connectivity index (χ0v) is 7.05. The van der Waals surface area contributed by atoms with Gasteiger partial charge in [-0.2, -0.15) is 5.26 Å². The van der Waals surface area contributed by atoms with Crippen LogP contribution in [0.15, 0.2) is 0 Å². The minimum Gasteiger partial charge on any atom is -0.356 e. The fourth-order valence-electron chi connectivity index (χ4n) is 0.0962. The molecule has 0 aliphatic rings. The van der Waals surface area contributed by atoms with Gasteiger partial charge in [-0.3, -0.25) is 0 Å². The number of nitrogens with zero attached hydrogens (tertiary/aromatic N) is 1. The van der Waals surface area contributed by atoms with Crippen LogP contribution in [0.4, 0.5) is 0 Å². The molecule has 0 aromatic heterocycles. The number of ether oxygens (including phenoxy) is 2. The molecular weight excluding hydrogens is 130 g/mol. The van der Waals surface area contributed by atoms with Crippen molar-refractivity contribution in [3.8, 4) is 6.07 Å². The van der Waals surface area contributed by atoms with Crippen LogP contribution in [0.2, 0.25) is 0 Å². The van der Waals surface area contributed by atoms with Gasteiger partial charge in [-0.15, -0.1) is 0 Å². The fraction of sp³-hybridized carbons (Fsp3) is 0.857. The maximum atomic E-state index is 7.62. The Balaban J connectivity index is 0. The first-order valence-electron chi connectivity index (χ1n) is 3.15. The summed E-state index contributed by atoms with van der Waals surface area (Å²) in [6.45, 7) is 3.65. The smallest absolute Gasteiger partial charge is 0.154 e. The third kappa shape index (κ3) is 15.7. The maximum Gasteiger partial charge on any atom is 0.154 e. The Morgan fingerprint density at radius 2 is 1.70 bits per heavy atom. The number of hydrogen-bond acceptors (Lipinski definition) is 3. The van der Waals surface area contributed by atoms with E-state index < -0.39 is 0 Å². The SMILES string of the molecule is CCC#N.COC(C)OC. The Labute approximate surface area is 62.6 Å². The Morgan fingerprint density at radius 3 is 1.70 bits per heavy atom. The van der Waals surface area contributed by atoms with E-state index in [9.17, 15) is 0 Å². The van der Waals surface area contributed by atoms with E-state index in [0.717, 1.165) is 0 Å². The van der Waals surface area contributed by atoms with Crippen molar-refractivity contribution in [1.82, 2.24) is 0 Å². The second-order valence-electron chi connectivity index (χ2n) is 1.55. The Hall–Kier alpha value is -0.590. The molecule has 0 aromatic carbocycles. The van der Waals surface area contributed by atoms with Crippen LogP contribution >= 0.6 is 0 Å². The maximum absolute atomic E-state index is 7.62. The summed E-state index contributed by atoms with van der Waals surface area (Å²) in [6, 6.07) is 1.93.